The van der Waals surface area contributed by atoms with Crippen molar-refractivity contribution < 1.29 is 14.3 Å². The van der Waals surface area contributed by atoms with Crippen molar-refractivity contribution in [2.24, 2.45) is 5.92 Å². The van der Waals surface area contributed by atoms with Gasteiger partial charge < -0.3 is 19.7 Å². The predicted octanol–water partition coefficient (Wildman–Crippen LogP) is 3.18. The van der Waals surface area contributed by atoms with E-state index in [1.54, 1.807) is 20.4 Å². The van der Waals surface area contributed by atoms with E-state index < -0.39 is 0 Å². The highest BCUT2D eigenvalue weighted by atomic mass is 16.5. The van der Waals surface area contributed by atoms with Crippen molar-refractivity contribution in [1.82, 2.24) is 15.3 Å². The highest BCUT2D eigenvalue weighted by Gasteiger charge is 2.26. The number of piperidine rings is 1. The molecule has 1 amide bonds. The van der Waals surface area contributed by atoms with Crippen molar-refractivity contribution in [2.75, 3.05) is 32.2 Å². The van der Waals surface area contributed by atoms with Crippen molar-refractivity contribution in [2.45, 2.75) is 19.4 Å². The molecule has 1 aliphatic rings. The maximum Gasteiger partial charge on any atom is 0.225 e. The molecule has 1 aromatic heterocycles. The molecule has 2 heterocycles. The van der Waals surface area contributed by atoms with E-state index in [1.165, 1.54) is 0 Å². The number of hydrogen-bond acceptors (Lipinski definition) is 6. The van der Waals surface area contributed by atoms with E-state index in [0.29, 0.717) is 24.6 Å². The lowest BCUT2D eigenvalue weighted by atomic mass is 9.97. The lowest BCUT2D eigenvalue weighted by molar-refractivity contribution is -0.125. The van der Waals surface area contributed by atoms with Gasteiger partial charge in [-0.1, -0.05) is 18.2 Å². The van der Waals surface area contributed by atoms with E-state index >= 15 is 0 Å². The molecule has 30 heavy (non-hydrogen) atoms. The Hall–Kier alpha value is -3.35. The van der Waals surface area contributed by atoms with Gasteiger partial charge in [-0.15, -0.1) is 0 Å². The number of ether oxygens (including phenoxy) is 2. The van der Waals surface area contributed by atoms with Gasteiger partial charge in [-0.2, -0.15) is 0 Å². The fraction of sp³-hybridized carbons (Fsp3) is 0.348. The molecule has 0 aliphatic carbocycles. The van der Waals surface area contributed by atoms with E-state index in [9.17, 15) is 4.79 Å². The highest BCUT2D eigenvalue weighted by molar-refractivity contribution is 5.80. The molecular weight excluding hydrogens is 380 g/mol. The summed E-state index contributed by atoms with van der Waals surface area (Å²) in [6.45, 7) is 1.97. The van der Waals surface area contributed by atoms with Crippen LogP contribution in [0.25, 0.3) is 11.0 Å². The van der Waals surface area contributed by atoms with E-state index in [4.69, 9.17) is 14.5 Å². The summed E-state index contributed by atoms with van der Waals surface area (Å²) in [6, 6.07) is 13.5. The molecule has 1 aliphatic heterocycles. The summed E-state index contributed by atoms with van der Waals surface area (Å²) >= 11 is 0. The zero-order valence-electron chi connectivity index (χ0n) is 17.3. The van der Waals surface area contributed by atoms with Crippen molar-refractivity contribution in [3.8, 4) is 11.5 Å². The normalized spacial score (nSPS) is 16.3. The van der Waals surface area contributed by atoms with Crippen LogP contribution < -0.4 is 19.7 Å². The number of hydrogen-bond donors (Lipinski definition) is 1. The van der Waals surface area contributed by atoms with Crippen LogP contribution in [0.1, 0.15) is 18.4 Å². The molecule has 1 N–H and O–H groups in total. The van der Waals surface area contributed by atoms with Crippen LogP contribution in [0.2, 0.25) is 0 Å². The van der Waals surface area contributed by atoms with Crippen LogP contribution in [0.3, 0.4) is 0 Å². The Morgan fingerprint density at radius 1 is 1.13 bits per heavy atom. The van der Waals surface area contributed by atoms with Crippen molar-refractivity contribution >= 4 is 22.8 Å². The van der Waals surface area contributed by atoms with Crippen molar-refractivity contribution in [3.05, 3.63) is 54.2 Å². The molecule has 156 valence electrons. The average Bonchev–Trinajstić information content (AvgIpc) is 2.82. The molecular formula is C23H26N4O3. The number of nitrogens with one attached hydrogen (secondary N) is 1. The number of methoxy groups -OCH3 is 2. The first-order valence-electron chi connectivity index (χ1n) is 10.1. The Morgan fingerprint density at radius 2 is 1.93 bits per heavy atom. The maximum absolute atomic E-state index is 12.8. The van der Waals surface area contributed by atoms with Crippen LogP contribution in [-0.4, -0.2) is 43.2 Å². The van der Waals surface area contributed by atoms with Gasteiger partial charge in [0, 0.05) is 19.6 Å². The minimum atomic E-state index is -0.0767. The minimum absolute atomic E-state index is 0.0585. The Labute approximate surface area is 176 Å². The van der Waals surface area contributed by atoms with Crippen LogP contribution >= 0.6 is 0 Å². The monoisotopic (exact) mass is 406 g/mol. The number of carbonyl (C=O) groups excluding carboxylic acids is 1. The molecule has 1 saturated heterocycles. The van der Waals surface area contributed by atoms with Crippen LogP contribution in [0, 0.1) is 5.92 Å². The first-order valence-corrected chi connectivity index (χ1v) is 10.1. The number of benzene rings is 2. The standard InChI is InChI=1S/C23H26N4O3/c1-29-20-10-9-16(12-21(20)30-2)13-25-23(28)17-6-5-11-27(15-17)22-14-24-18-7-3-4-8-19(18)26-22/h3-4,7-10,12,14,17H,5-6,11,13,15H2,1-2H3,(H,25,28). The number of amides is 1. The van der Waals surface area contributed by atoms with Crippen molar-refractivity contribution in [1.29, 1.82) is 0 Å². The SMILES string of the molecule is COc1ccc(CNC(=O)C2CCCN(c3cnc4ccccc4n3)C2)cc1OC. The van der Waals surface area contributed by atoms with Gasteiger partial charge in [-0.3, -0.25) is 9.78 Å². The van der Waals surface area contributed by atoms with Gasteiger partial charge in [-0.25, -0.2) is 4.98 Å². The van der Waals surface area contributed by atoms with E-state index in [0.717, 1.165) is 41.8 Å². The van der Waals surface area contributed by atoms with Gasteiger partial charge in [0.2, 0.25) is 5.91 Å². The Bertz CT molecular complexity index is 1040. The topological polar surface area (TPSA) is 76.6 Å². The molecule has 1 unspecified atom stereocenters. The largest absolute Gasteiger partial charge is 0.493 e. The first kappa shape index (κ1) is 19.9. The number of aromatic nitrogens is 2. The van der Waals surface area contributed by atoms with E-state index in [2.05, 4.69) is 15.2 Å². The Kier molecular flexibility index (Phi) is 5.97. The summed E-state index contributed by atoms with van der Waals surface area (Å²) < 4.78 is 10.6. The van der Waals surface area contributed by atoms with E-state index in [-0.39, 0.29) is 11.8 Å². The average molecular weight is 406 g/mol. The summed E-state index contributed by atoms with van der Waals surface area (Å²) in [5.74, 6) is 2.14. The third kappa shape index (κ3) is 4.30. The Balaban J connectivity index is 1.39. The summed E-state index contributed by atoms with van der Waals surface area (Å²) in [4.78, 5) is 24.2. The molecule has 1 atom stereocenters. The predicted molar refractivity (Wildman–Crippen MR) is 116 cm³/mol. The molecule has 0 saturated carbocycles. The molecule has 0 bridgehead atoms. The molecule has 1 fully saturated rings. The lowest BCUT2D eigenvalue weighted by Crippen LogP contribution is -2.43. The molecule has 3 aromatic rings. The third-order valence-electron chi connectivity index (χ3n) is 5.47. The first-order chi connectivity index (χ1) is 14.7. The number of nitrogens with zero attached hydrogens (tertiary/aromatic N) is 3. The van der Waals surface area contributed by atoms with Crippen LogP contribution in [-0.2, 0) is 11.3 Å². The fourth-order valence-electron chi connectivity index (χ4n) is 3.82. The quantitative estimate of drug-likeness (QED) is 0.678. The van der Waals surface area contributed by atoms with Gasteiger partial charge in [-0.05, 0) is 42.7 Å². The Morgan fingerprint density at radius 3 is 2.73 bits per heavy atom. The second kappa shape index (κ2) is 8.98. The minimum Gasteiger partial charge on any atom is -0.493 e. The van der Waals surface area contributed by atoms with Gasteiger partial charge in [0.1, 0.15) is 5.82 Å². The van der Waals surface area contributed by atoms with Crippen LogP contribution in [0.5, 0.6) is 11.5 Å². The number of rotatable bonds is 6. The van der Waals surface area contributed by atoms with Gasteiger partial charge in [0.05, 0.1) is 37.4 Å². The molecule has 0 spiro atoms. The summed E-state index contributed by atoms with van der Waals surface area (Å²) in [5.41, 5.74) is 2.71. The number of anilines is 1. The van der Waals surface area contributed by atoms with Crippen LogP contribution in [0.15, 0.2) is 48.7 Å². The molecule has 0 radical (unpaired) electrons. The second-order valence-corrected chi connectivity index (χ2v) is 7.41. The number of para-hydroxylation sites is 2. The third-order valence-corrected chi connectivity index (χ3v) is 5.47. The number of fused-ring (bicyclic) bond motifs is 1. The lowest BCUT2D eigenvalue weighted by Gasteiger charge is -2.32. The molecule has 7 heteroatoms. The second-order valence-electron chi connectivity index (χ2n) is 7.41. The van der Waals surface area contributed by atoms with Crippen molar-refractivity contribution in [3.63, 3.8) is 0 Å². The summed E-state index contributed by atoms with van der Waals surface area (Å²) in [5, 5.41) is 3.06. The van der Waals surface area contributed by atoms with Crippen LogP contribution in [0.4, 0.5) is 5.82 Å². The zero-order chi connectivity index (χ0) is 20.9. The highest BCUT2D eigenvalue weighted by Crippen LogP contribution is 2.28. The molecule has 2 aromatic carbocycles. The van der Waals surface area contributed by atoms with E-state index in [1.807, 2.05) is 42.5 Å². The summed E-state index contributed by atoms with van der Waals surface area (Å²) in [6.07, 6.45) is 3.62. The molecule has 4 rings (SSSR count). The zero-order valence-corrected chi connectivity index (χ0v) is 17.3. The summed E-state index contributed by atoms with van der Waals surface area (Å²) in [7, 11) is 3.21. The maximum atomic E-state index is 12.8. The van der Waals surface area contributed by atoms with Gasteiger partial charge >= 0.3 is 0 Å². The van der Waals surface area contributed by atoms with Gasteiger partial charge in [0.15, 0.2) is 11.5 Å². The number of carbonyl (C=O) groups is 1. The fourth-order valence-corrected chi connectivity index (χ4v) is 3.82. The smallest absolute Gasteiger partial charge is 0.225 e. The van der Waals surface area contributed by atoms with Gasteiger partial charge in [0.25, 0.3) is 0 Å². The molecule has 7 nitrogen and oxygen atoms in total.